The summed E-state index contributed by atoms with van der Waals surface area (Å²) in [4.78, 5) is 10.9. The maximum Gasteiger partial charge on any atom is 0.159 e. The van der Waals surface area contributed by atoms with Crippen LogP contribution in [0.1, 0.15) is 22.9 Å². The molecule has 5 heteroatoms. The molecule has 12 aromatic rings. The molecule has 5 nitrogen and oxygen atoms in total. The van der Waals surface area contributed by atoms with Gasteiger partial charge in [-0.2, -0.15) is 0 Å². The van der Waals surface area contributed by atoms with Crippen molar-refractivity contribution in [3.05, 3.63) is 211 Å². The molecule has 0 aliphatic carbocycles. The predicted molar refractivity (Wildman–Crippen MR) is 250 cm³/mol. The molecule has 1 atom stereocenters. The zero-order chi connectivity index (χ0) is 39.3. The van der Waals surface area contributed by atoms with Gasteiger partial charge in [0, 0.05) is 38.2 Å². The second-order valence-corrected chi connectivity index (χ2v) is 15.8. The Morgan fingerprint density at radius 3 is 1.97 bits per heavy atom. The van der Waals surface area contributed by atoms with Gasteiger partial charge in [0.05, 0.1) is 16.7 Å². The lowest BCUT2D eigenvalue weighted by Crippen LogP contribution is -2.33. The van der Waals surface area contributed by atoms with Crippen LogP contribution in [-0.4, -0.2) is 16.2 Å². The summed E-state index contributed by atoms with van der Waals surface area (Å²) in [7, 11) is 0. The Kier molecular flexibility index (Phi) is 7.01. The normalized spacial score (nSPS) is 14.5. The molecule has 13 rings (SSSR count). The lowest BCUT2D eigenvalue weighted by atomic mass is 9.99. The summed E-state index contributed by atoms with van der Waals surface area (Å²) in [6.45, 7) is 0. The van der Waals surface area contributed by atoms with E-state index in [9.17, 15) is 0 Å². The molecular weight excluding hydrogens is 733 g/mol. The van der Waals surface area contributed by atoms with Crippen LogP contribution < -0.4 is 5.32 Å². The van der Waals surface area contributed by atoms with Gasteiger partial charge in [-0.25, -0.2) is 9.98 Å². The first kappa shape index (κ1) is 33.0. The Labute approximate surface area is 344 Å². The molecule has 1 aliphatic rings. The van der Waals surface area contributed by atoms with Crippen molar-refractivity contribution in [3.8, 4) is 5.69 Å². The highest BCUT2D eigenvalue weighted by molar-refractivity contribution is 6.20. The van der Waals surface area contributed by atoms with Gasteiger partial charge in [-0.15, -0.1) is 0 Å². The van der Waals surface area contributed by atoms with E-state index < -0.39 is 6.17 Å². The summed E-state index contributed by atoms with van der Waals surface area (Å²) >= 11 is 0. The van der Waals surface area contributed by atoms with Gasteiger partial charge in [0.1, 0.15) is 17.6 Å². The maximum absolute atomic E-state index is 6.83. The van der Waals surface area contributed by atoms with Crippen LogP contribution in [0, 0.1) is 0 Å². The number of nitrogens with one attached hydrogen (secondary N) is 1. The van der Waals surface area contributed by atoms with E-state index >= 15 is 0 Å². The van der Waals surface area contributed by atoms with Crippen molar-refractivity contribution in [2.24, 2.45) is 9.98 Å². The molecule has 0 saturated heterocycles. The van der Waals surface area contributed by atoms with Crippen LogP contribution in [0.4, 0.5) is 0 Å². The minimum atomic E-state index is -0.397. The van der Waals surface area contributed by atoms with E-state index in [2.05, 4.69) is 198 Å². The lowest BCUT2D eigenvalue weighted by molar-refractivity contribution is 0.666. The molecule has 0 spiro atoms. The van der Waals surface area contributed by atoms with Crippen LogP contribution in [0.25, 0.3) is 92.5 Å². The fraction of sp³-hybridized carbons (Fsp3) is 0.0182. The van der Waals surface area contributed by atoms with E-state index in [4.69, 9.17) is 14.4 Å². The molecule has 1 N–H and O–H groups in total. The van der Waals surface area contributed by atoms with Gasteiger partial charge in [0.25, 0.3) is 0 Å². The molecule has 1 unspecified atom stereocenters. The zero-order valence-corrected chi connectivity index (χ0v) is 32.3. The summed E-state index contributed by atoms with van der Waals surface area (Å²) in [6.07, 6.45) is -0.397. The number of hydrogen-bond donors (Lipinski definition) is 1. The van der Waals surface area contributed by atoms with Gasteiger partial charge in [-0.3, -0.25) is 0 Å². The highest BCUT2D eigenvalue weighted by atomic mass is 16.3. The fourth-order valence-electron chi connectivity index (χ4n) is 9.55. The third kappa shape index (κ3) is 4.99. The first-order valence-corrected chi connectivity index (χ1v) is 20.4. The molecule has 60 heavy (non-hydrogen) atoms. The van der Waals surface area contributed by atoms with Crippen molar-refractivity contribution < 1.29 is 4.42 Å². The predicted octanol–water partition coefficient (Wildman–Crippen LogP) is 13.8. The van der Waals surface area contributed by atoms with Gasteiger partial charge < -0.3 is 14.3 Å². The number of aliphatic imine (C=N–C) groups is 2. The summed E-state index contributed by atoms with van der Waals surface area (Å²) in [5.74, 6) is 1.43. The van der Waals surface area contributed by atoms with Crippen molar-refractivity contribution >= 4 is 98.5 Å². The molecule has 0 amide bonds. The number of aromatic nitrogens is 1. The molecule has 10 aromatic carbocycles. The van der Waals surface area contributed by atoms with Gasteiger partial charge in [0.2, 0.25) is 0 Å². The number of nitrogens with zero attached hydrogens (tertiary/aromatic N) is 3. The molecular formula is C55H34N4O. The molecule has 0 fully saturated rings. The lowest BCUT2D eigenvalue weighted by Gasteiger charge is -2.25. The summed E-state index contributed by atoms with van der Waals surface area (Å²) < 4.78 is 9.20. The molecule has 0 bridgehead atoms. The average Bonchev–Trinajstić information content (AvgIpc) is 3.85. The Bertz CT molecular complexity index is 3820. The number of furan rings is 1. The molecule has 1 aliphatic heterocycles. The highest BCUT2D eigenvalue weighted by Gasteiger charge is 2.26. The number of fused-ring (bicyclic) bond motifs is 11. The first-order valence-electron chi connectivity index (χ1n) is 20.4. The van der Waals surface area contributed by atoms with Crippen molar-refractivity contribution in [2.45, 2.75) is 6.17 Å². The average molecular weight is 767 g/mol. The smallest absolute Gasteiger partial charge is 0.159 e. The SMILES string of the molecule is c1ccc2cc3c(cc2c1)c1ccccc1n3-c1cc(C2=NC(c3cccc4ccccc34)NC(c3ccc4c(ccc5ccccc54)c3)=N2)cc2c1oc1ccccc12. The summed E-state index contributed by atoms with van der Waals surface area (Å²) in [6, 6.07) is 69.2. The van der Waals surface area contributed by atoms with Gasteiger partial charge in [0.15, 0.2) is 11.4 Å². The Morgan fingerprint density at radius 1 is 0.433 bits per heavy atom. The third-order valence-electron chi connectivity index (χ3n) is 12.4. The molecule has 0 saturated carbocycles. The minimum Gasteiger partial charge on any atom is -0.454 e. The Balaban J connectivity index is 1.08. The van der Waals surface area contributed by atoms with Crippen LogP contribution in [0.5, 0.6) is 0 Å². The van der Waals surface area contributed by atoms with Crippen LogP contribution in [0.3, 0.4) is 0 Å². The number of hydrogen-bond acceptors (Lipinski definition) is 4. The Morgan fingerprint density at radius 2 is 1.10 bits per heavy atom. The number of para-hydroxylation sites is 2. The second kappa shape index (κ2) is 12.7. The number of benzene rings is 10. The maximum atomic E-state index is 6.83. The van der Waals surface area contributed by atoms with E-state index in [1.54, 1.807) is 0 Å². The molecule has 3 heterocycles. The highest BCUT2D eigenvalue weighted by Crippen LogP contribution is 2.41. The van der Waals surface area contributed by atoms with E-state index in [0.717, 1.165) is 72.0 Å². The van der Waals surface area contributed by atoms with Crippen molar-refractivity contribution in [1.82, 2.24) is 9.88 Å². The number of amidine groups is 2. The Hall–Kier alpha value is -8.02. The second-order valence-electron chi connectivity index (χ2n) is 15.8. The monoisotopic (exact) mass is 766 g/mol. The van der Waals surface area contributed by atoms with E-state index in [0.29, 0.717) is 5.84 Å². The van der Waals surface area contributed by atoms with Crippen molar-refractivity contribution in [1.29, 1.82) is 0 Å². The molecule has 0 radical (unpaired) electrons. The van der Waals surface area contributed by atoms with Gasteiger partial charge >= 0.3 is 0 Å². The molecule has 2 aromatic heterocycles. The largest absolute Gasteiger partial charge is 0.454 e. The van der Waals surface area contributed by atoms with Gasteiger partial charge in [-0.05, 0) is 85.6 Å². The summed E-state index contributed by atoms with van der Waals surface area (Å²) in [5, 5.41) is 17.8. The van der Waals surface area contributed by atoms with Gasteiger partial charge in [-0.1, -0.05) is 152 Å². The van der Waals surface area contributed by atoms with E-state index in [1.807, 2.05) is 6.07 Å². The standard InChI is InChI=1S/C55H34N4O/c1-2-15-36-31-49-46(29-35(36)14-1)43-19-7-9-22-48(43)59(49)50-32-39(30-47-44-20-8-10-23-51(44)60-52(47)50)54-56-53(57-55(58-54)45-21-11-16-33-12-3-6-18-41(33)45)38-26-27-42-37(28-38)25-24-34-13-4-5-17-40(34)42/h1-32,55H,(H,56,57,58). The fourth-order valence-corrected chi connectivity index (χ4v) is 9.55. The zero-order valence-electron chi connectivity index (χ0n) is 32.3. The van der Waals surface area contributed by atoms with Crippen LogP contribution >= 0.6 is 0 Å². The minimum absolute atomic E-state index is 0.397. The van der Waals surface area contributed by atoms with Crippen molar-refractivity contribution in [3.63, 3.8) is 0 Å². The quantitative estimate of drug-likeness (QED) is 0.181. The number of rotatable bonds is 4. The van der Waals surface area contributed by atoms with Crippen LogP contribution in [0.15, 0.2) is 209 Å². The van der Waals surface area contributed by atoms with Crippen LogP contribution in [-0.2, 0) is 0 Å². The summed E-state index contributed by atoms with van der Waals surface area (Å²) in [5.41, 5.74) is 7.82. The van der Waals surface area contributed by atoms with E-state index in [-0.39, 0.29) is 0 Å². The topological polar surface area (TPSA) is 54.8 Å². The molecule has 280 valence electrons. The third-order valence-corrected chi connectivity index (χ3v) is 12.4. The van der Waals surface area contributed by atoms with Crippen molar-refractivity contribution in [2.75, 3.05) is 0 Å². The van der Waals surface area contributed by atoms with Crippen LogP contribution in [0.2, 0.25) is 0 Å². The first-order chi connectivity index (χ1) is 29.7. The van der Waals surface area contributed by atoms with E-state index in [1.165, 1.54) is 43.1 Å².